The number of hydrogen-bond acceptors (Lipinski definition) is 7. The van der Waals surface area contributed by atoms with E-state index in [-0.39, 0.29) is 5.91 Å². The fourth-order valence-corrected chi connectivity index (χ4v) is 4.91. The lowest BCUT2D eigenvalue weighted by Gasteiger charge is -2.13. The second kappa shape index (κ2) is 10.9. The van der Waals surface area contributed by atoms with Crippen molar-refractivity contribution in [1.82, 2.24) is 14.7 Å². The van der Waals surface area contributed by atoms with Gasteiger partial charge in [0.25, 0.3) is 5.91 Å². The summed E-state index contributed by atoms with van der Waals surface area (Å²) in [6, 6.07) is 15.5. The molecular formula is C25H25N3O4S2. The zero-order valence-corrected chi connectivity index (χ0v) is 20.8. The number of para-hydroxylation sites is 1. The molecule has 0 aliphatic carbocycles. The number of ether oxygens (including phenoxy) is 3. The van der Waals surface area contributed by atoms with Crippen LogP contribution in [0.2, 0.25) is 0 Å². The number of aromatic nitrogens is 2. The van der Waals surface area contributed by atoms with E-state index >= 15 is 0 Å². The van der Waals surface area contributed by atoms with E-state index < -0.39 is 0 Å². The number of methoxy groups -OCH3 is 3. The molecule has 2 aromatic carbocycles. The fraction of sp³-hybridized carbons (Fsp3) is 0.240. The van der Waals surface area contributed by atoms with Crippen molar-refractivity contribution < 1.29 is 19.0 Å². The third kappa shape index (κ3) is 5.01. The standard InChI is InChI=1S/C25H25N3O4S2/c1-30-13-7-12-27-24(29)22(34-25(27)33)15-18-16-28(19-8-5-4-6-9-19)26-23(18)17-10-11-20(31-2)21(14-17)32-3/h4-6,8-11,14-16H,7,12-13H2,1-3H3/b22-15+. The fourth-order valence-electron chi connectivity index (χ4n) is 3.61. The second-order valence-electron chi connectivity index (χ2n) is 7.46. The lowest BCUT2D eigenvalue weighted by atomic mass is 10.1. The number of thiocarbonyl (C=S) groups is 1. The topological polar surface area (TPSA) is 65.8 Å². The minimum Gasteiger partial charge on any atom is -0.493 e. The SMILES string of the molecule is COCCCN1C(=O)/C(=C\c2cn(-c3ccccc3)nc2-c2ccc(OC)c(OC)c2)SC1=S. The van der Waals surface area contributed by atoms with Crippen molar-refractivity contribution in [1.29, 1.82) is 0 Å². The summed E-state index contributed by atoms with van der Waals surface area (Å²) in [7, 11) is 4.84. The van der Waals surface area contributed by atoms with Crippen LogP contribution >= 0.6 is 24.0 Å². The summed E-state index contributed by atoms with van der Waals surface area (Å²) in [5, 5.41) is 4.84. The number of rotatable bonds is 9. The summed E-state index contributed by atoms with van der Waals surface area (Å²) in [5.41, 5.74) is 3.27. The van der Waals surface area contributed by atoms with Crippen LogP contribution in [0, 0.1) is 0 Å². The van der Waals surface area contributed by atoms with Gasteiger partial charge >= 0.3 is 0 Å². The predicted octanol–water partition coefficient (Wildman–Crippen LogP) is 4.79. The number of benzene rings is 2. The van der Waals surface area contributed by atoms with Crippen LogP contribution in [0.5, 0.6) is 11.5 Å². The van der Waals surface area contributed by atoms with E-state index in [1.165, 1.54) is 11.8 Å². The molecule has 4 rings (SSSR count). The van der Waals surface area contributed by atoms with E-state index in [9.17, 15) is 4.79 Å². The highest BCUT2D eigenvalue weighted by Gasteiger charge is 2.32. The van der Waals surface area contributed by atoms with E-state index in [0.717, 1.165) is 28.9 Å². The average Bonchev–Trinajstić information content (AvgIpc) is 3.40. The van der Waals surface area contributed by atoms with Crippen molar-refractivity contribution in [2.75, 3.05) is 34.5 Å². The second-order valence-corrected chi connectivity index (χ2v) is 9.14. The van der Waals surface area contributed by atoms with E-state index in [2.05, 4.69) is 0 Å². The van der Waals surface area contributed by atoms with Crippen LogP contribution in [0.1, 0.15) is 12.0 Å². The molecule has 1 aliphatic rings. The van der Waals surface area contributed by atoms with Crippen molar-refractivity contribution >= 4 is 40.3 Å². The van der Waals surface area contributed by atoms with Gasteiger partial charge in [0.05, 0.1) is 24.8 Å². The number of amides is 1. The number of nitrogens with zero attached hydrogens (tertiary/aromatic N) is 3. The van der Waals surface area contributed by atoms with Gasteiger partial charge in [-0.15, -0.1) is 0 Å². The molecule has 7 nitrogen and oxygen atoms in total. The van der Waals surface area contributed by atoms with Gasteiger partial charge in [-0.2, -0.15) is 5.10 Å². The Morgan fingerprint density at radius 2 is 1.82 bits per heavy atom. The van der Waals surface area contributed by atoms with Crippen molar-refractivity contribution in [3.05, 3.63) is 65.2 Å². The number of carbonyl (C=O) groups is 1. The smallest absolute Gasteiger partial charge is 0.266 e. The van der Waals surface area contributed by atoms with Crippen LogP contribution in [0.15, 0.2) is 59.6 Å². The van der Waals surface area contributed by atoms with Gasteiger partial charge in [-0.05, 0) is 42.8 Å². The molecule has 0 N–H and O–H groups in total. The monoisotopic (exact) mass is 495 g/mol. The molecule has 0 spiro atoms. The molecule has 1 aromatic heterocycles. The van der Waals surface area contributed by atoms with Crippen molar-refractivity contribution in [3.63, 3.8) is 0 Å². The number of hydrogen-bond donors (Lipinski definition) is 0. The number of carbonyl (C=O) groups excluding carboxylic acids is 1. The largest absolute Gasteiger partial charge is 0.493 e. The molecule has 176 valence electrons. The third-order valence-electron chi connectivity index (χ3n) is 5.31. The summed E-state index contributed by atoms with van der Waals surface area (Å²) >= 11 is 6.77. The minimum atomic E-state index is -0.100. The van der Waals surface area contributed by atoms with Gasteiger partial charge in [-0.1, -0.05) is 42.2 Å². The Bertz CT molecular complexity index is 1220. The van der Waals surface area contributed by atoms with Crippen molar-refractivity contribution in [2.24, 2.45) is 0 Å². The highest BCUT2D eigenvalue weighted by molar-refractivity contribution is 8.26. The molecule has 0 bridgehead atoms. The van der Waals surface area contributed by atoms with Gasteiger partial charge in [0, 0.05) is 37.6 Å². The summed E-state index contributed by atoms with van der Waals surface area (Å²) < 4.78 is 18.3. The van der Waals surface area contributed by atoms with Gasteiger partial charge in [0.1, 0.15) is 10.0 Å². The van der Waals surface area contributed by atoms with Crippen molar-refractivity contribution in [3.8, 4) is 28.4 Å². The summed E-state index contributed by atoms with van der Waals surface area (Å²) in [6.07, 6.45) is 4.49. The van der Waals surface area contributed by atoms with E-state index in [1.807, 2.05) is 60.8 Å². The molecular weight excluding hydrogens is 470 g/mol. The molecule has 3 aromatic rings. The maximum Gasteiger partial charge on any atom is 0.266 e. The maximum atomic E-state index is 13.1. The summed E-state index contributed by atoms with van der Waals surface area (Å²) in [6.45, 7) is 1.10. The molecule has 0 radical (unpaired) electrons. The predicted molar refractivity (Wildman–Crippen MR) is 138 cm³/mol. The van der Waals surface area contributed by atoms with Gasteiger partial charge in [-0.25, -0.2) is 4.68 Å². The third-order valence-corrected chi connectivity index (χ3v) is 6.69. The van der Waals surface area contributed by atoms with Crippen LogP contribution in [0.4, 0.5) is 0 Å². The Kier molecular flexibility index (Phi) is 7.66. The summed E-state index contributed by atoms with van der Waals surface area (Å²) in [4.78, 5) is 15.3. The summed E-state index contributed by atoms with van der Waals surface area (Å²) in [5.74, 6) is 1.13. The van der Waals surface area contributed by atoms with Crippen LogP contribution < -0.4 is 9.47 Å². The highest BCUT2D eigenvalue weighted by Crippen LogP contribution is 2.37. The number of thioether (sulfide) groups is 1. The molecule has 1 fully saturated rings. The molecule has 0 unspecified atom stereocenters. The zero-order chi connectivity index (χ0) is 24.1. The van der Waals surface area contributed by atoms with Crippen LogP contribution in [0.25, 0.3) is 23.0 Å². The molecule has 34 heavy (non-hydrogen) atoms. The molecule has 0 saturated carbocycles. The molecule has 0 atom stereocenters. The molecule has 1 amide bonds. The molecule has 1 saturated heterocycles. The average molecular weight is 496 g/mol. The maximum absolute atomic E-state index is 13.1. The van der Waals surface area contributed by atoms with Gasteiger partial charge in [0.2, 0.25) is 0 Å². The van der Waals surface area contributed by atoms with Gasteiger partial charge in [-0.3, -0.25) is 9.69 Å². The van der Waals surface area contributed by atoms with E-state index in [0.29, 0.717) is 33.9 Å². The molecule has 2 heterocycles. The lowest BCUT2D eigenvalue weighted by Crippen LogP contribution is -2.29. The Morgan fingerprint density at radius 3 is 2.53 bits per heavy atom. The molecule has 9 heteroatoms. The highest BCUT2D eigenvalue weighted by atomic mass is 32.2. The first kappa shape index (κ1) is 24.0. The minimum absolute atomic E-state index is 0.100. The van der Waals surface area contributed by atoms with Gasteiger partial charge in [0.15, 0.2) is 11.5 Å². The van der Waals surface area contributed by atoms with E-state index in [1.54, 1.807) is 30.9 Å². The Balaban J connectivity index is 1.75. The lowest BCUT2D eigenvalue weighted by molar-refractivity contribution is -0.122. The van der Waals surface area contributed by atoms with Crippen LogP contribution in [0.3, 0.4) is 0 Å². The van der Waals surface area contributed by atoms with Gasteiger partial charge < -0.3 is 14.2 Å². The van der Waals surface area contributed by atoms with Crippen LogP contribution in [-0.2, 0) is 9.53 Å². The first-order valence-electron chi connectivity index (χ1n) is 10.7. The molecule has 1 aliphatic heterocycles. The quantitative estimate of drug-likeness (QED) is 0.240. The Hall–Kier alpha value is -3.14. The first-order valence-corrected chi connectivity index (χ1v) is 11.9. The van der Waals surface area contributed by atoms with Crippen molar-refractivity contribution in [2.45, 2.75) is 6.42 Å². The van der Waals surface area contributed by atoms with Crippen LogP contribution in [-0.4, -0.2) is 59.4 Å². The Morgan fingerprint density at radius 1 is 1.06 bits per heavy atom. The zero-order valence-electron chi connectivity index (χ0n) is 19.2. The normalized spacial score (nSPS) is 14.8. The Labute approximate surface area is 208 Å². The first-order chi connectivity index (χ1) is 16.5. The van der Waals surface area contributed by atoms with E-state index in [4.69, 9.17) is 31.5 Å².